The first-order valence-corrected chi connectivity index (χ1v) is 7.87. The van der Waals surface area contributed by atoms with Crippen LogP contribution in [-0.4, -0.2) is 21.0 Å². The normalized spacial score (nSPS) is 12.8. The second-order valence-corrected chi connectivity index (χ2v) is 6.29. The maximum atomic E-state index is 13.0. The highest BCUT2D eigenvalue weighted by atomic mass is 35.5. The molecular formula is C13H22ClFN2O2S. The quantitative estimate of drug-likeness (QED) is 0.808. The molecule has 7 heteroatoms. The standard InChI is InChI=1S/C13H21FN2O2S.ClH/c1-3-4-5-12(9-15)16-19(17,18)13-7-6-11(14)8-10(13)2;/h6-8,12,16H,3-5,9,15H2,1-2H3;1H. The number of rotatable bonds is 7. The first-order valence-electron chi connectivity index (χ1n) is 6.39. The van der Waals surface area contributed by atoms with E-state index in [2.05, 4.69) is 4.72 Å². The van der Waals surface area contributed by atoms with Crippen LogP contribution in [0, 0.1) is 12.7 Å². The summed E-state index contributed by atoms with van der Waals surface area (Å²) < 4.78 is 40.0. The molecule has 3 N–H and O–H groups in total. The highest BCUT2D eigenvalue weighted by molar-refractivity contribution is 7.89. The van der Waals surface area contributed by atoms with E-state index in [1.165, 1.54) is 12.1 Å². The smallest absolute Gasteiger partial charge is 0.241 e. The lowest BCUT2D eigenvalue weighted by Gasteiger charge is -2.17. The SMILES string of the molecule is CCCCC(CN)NS(=O)(=O)c1ccc(F)cc1C.Cl. The molecule has 1 atom stereocenters. The molecule has 116 valence electrons. The zero-order valence-corrected chi connectivity index (χ0v) is 13.4. The zero-order chi connectivity index (χ0) is 14.5. The van der Waals surface area contributed by atoms with Crippen molar-refractivity contribution in [2.75, 3.05) is 6.54 Å². The Morgan fingerprint density at radius 1 is 1.40 bits per heavy atom. The molecule has 20 heavy (non-hydrogen) atoms. The van der Waals surface area contributed by atoms with Crippen LogP contribution in [0.1, 0.15) is 31.7 Å². The number of aryl methyl sites for hydroxylation is 1. The van der Waals surface area contributed by atoms with Gasteiger partial charge in [0, 0.05) is 12.6 Å². The van der Waals surface area contributed by atoms with Crippen LogP contribution in [0.5, 0.6) is 0 Å². The Balaban J connectivity index is 0.00000361. The van der Waals surface area contributed by atoms with Gasteiger partial charge in [0.05, 0.1) is 4.90 Å². The lowest BCUT2D eigenvalue weighted by atomic mass is 10.1. The minimum Gasteiger partial charge on any atom is -0.329 e. The minimum atomic E-state index is -3.65. The van der Waals surface area contributed by atoms with Crippen LogP contribution >= 0.6 is 12.4 Å². The molecule has 1 rings (SSSR count). The largest absolute Gasteiger partial charge is 0.329 e. The lowest BCUT2D eigenvalue weighted by molar-refractivity contribution is 0.516. The molecule has 0 aliphatic heterocycles. The number of sulfonamides is 1. The molecule has 1 aromatic carbocycles. The third-order valence-electron chi connectivity index (χ3n) is 2.94. The summed E-state index contributed by atoms with van der Waals surface area (Å²) in [5, 5.41) is 0. The number of hydrogen-bond acceptors (Lipinski definition) is 3. The van der Waals surface area contributed by atoms with Gasteiger partial charge in [-0.1, -0.05) is 19.8 Å². The number of benzene rings is 1. The van der Waals surface area contributed by atoms with Crippen molar-refractivity contribution in [2.24, 2.45) is 5.73 Å². The number of halogens is 2. The Kier molecular flexibility index (Phi) is 8.27. The van der Waals surface area contributed by atoms with Gasteiger partial charge in [0.2, 0.25) is 10.0 Å². The summed E-state index contributed by atoms with van der Waals surface area (Å²) in [5.41, 5.74) is 5.96. The van der Waals surface area contributed by atoms with Crippen LogP contribution in [0.15, 0.2) is 23.1 Å². The average Bonchev–Trinajstić information content (AvgIpc) is 2.33. The Labute approximate surface area is 126 Å². The van der Waals surface area contributed by atoms with Crippen molar-refractivity contribution in [1.82, 2.24) is 4.72 Å². The fourth-order valence-corrected chi connectivity index (χ4v) is 3.38. The Morgan fingerprint density at radius 2 is 2.05 bits per heavy atom. The molecule has 0 spiro atoms. The average molecular weight is 325 g/mol. The molecule has 0 bridgehead atoms. The van der Waals surface area contributed by atoms with Gasteiger partial charge in [0.1, 0.15) is 5.82 Å². The molecule has 0 heterocycles. The molecule has 1 aromatic rings. The molecule has 0 saturated carbocycles. The number of nitrogens with one attached hydrogen (secondary N) is 1. The summed E-state index contributed by atoms with van der Waals surface area (Å²) in [6.07, 6.45) is 2.59. The van der Waals surface area contributed by atoms with E-state index < -0.39 is 15.8 Å². The second-order valence-electron chi connectivity index (χ2n) is 4.61. The van der Waals surface area contributed by atoms with Crippen LogP contribution in [0.2, 0.25) is 0 Å². The fraction of sp³-hybridized carbons (Fsp3) is 0.538. The van der Waals surface area contributed by atoms with Crippen molar-refractivity contribution in [3.05, 3.63) is 29.6 Å². The maximum absolute atomic E-state index is 13.0. The van der Waals surface area contributed by atoms with E-state index in [9.17, 15) is 12.8 Å². The Morgan fingerprint density at radius 3 is 2.55 bits per heavy atom. The predicted octanol–water partition coefficient (Wildman–Crippen LogP) is 2.35. The number of hydrogen-bond donors (Lipinski definition) is 2. The minimum absolute atomic E-state index is 0. The van der Waals surface area contributed by atoms with Gasteiger partial charge in [0.25, 0.3) is 0 Å². The van der Waals surface area contributed by atoms with Gasteiger partial charge in [0.15, 0.2) is 0 Å². The van der Waals surface area contributed by atoms with E-state index in [-0.39, 0.29) is 29.9 Å². The van der Waals surface area contributed by atoms with Crippen molar-refractivity contribution >= 4 is 22.4 Å². The van der Waals surface area contributed by atoms with Crippen molar-refractivity contribution in [3.8, 4) is 0 Å². The van der Waals surface area contributed by atoms with E-state index in [0.29, 0.717) is 12.0 Å². The second kappa shape index (κ2) is 8.56. The predicted molar refractivity (Wildman–Crippen MR) is 81.1 cm³/mol. The fourth-order valence-electron chi connectivity index (χ4n) is 1.87. The summed E-state index contributed by atoms with van der Waals surface area (Å²) in [6, 6.07) is 3.35. The van der Waals surface area contributed by atoms with Gasteiger partial charge in [-0.2, -0.15) is 0 Å². The van der Waals surface area contributed by atoms with Crippen LogP contribution in [-0.2, 0) is 10.0 Å². The lowest BCUT2D eigenvalue weighted by Crippen LogP contribution is -2.40. The molecule has 0 aliphatic carbocycles. The zero-order valence-electron chi connectivity index (χ0n) is 11.7. The summed E-state index contributed by atoms with van der Waals surface area (Å²) in [6.45, 7) is 3.85. The van der Waals surface area contributed by atoms with Gasteiger partial charge in [-0.3, -0.25) is 0 Å². The molecule has 0 amide bonds. The summed E-state index contributed by atoms with van der Waals surface area (Å²) in [5.74, 6) is -0.446. The molecule has 0 aliphatic rings. The van der Waals surface area contributed by atoms with Crippen molar-refractivity contribution < 1.29 is 12.8 Å². The molecule has 0 saturated heterocycles. The molecule has 0 aromatic heterocycles. The summed E-state index contributed by atoms with van der Waals surface area (Å²) in [4.78, 5) is 0.101. The van der Waals surface area contributed by atoms with Crippen LogP contribution < -0.4 is 10.5 Å². The molecule has 1 unspecified atom stereocenters. The topological polar surface area (TPSA) is 72.2 Å². The van der Waals surface area contributed by atoms with Crippen LogP contribution in [0.4, 0.5) is 4.39 Å². The first kappa shape index (κ1) is 19.3. The molecule has 0 radical (unpaired) electrons. The molecule has 4 nitrogen and oxygen atoms in total. The monoisotopic (exact) mass is 324 g/mol. The van der Waals surface area contributed by atoms with E-state index in [0.717, 1.165) is 18.9 Å². The highest BCUT2D eigenvalue weighted by Gasteiger charge is 2.20. The number of nitrogens with two attached hydrogens (primary N) is 1. The molecule has 0 fully saturated rings. The Bertz CT molecular complexity index is 523. The summed E-state index contributed by atoms with van der Waals surface area (Å²) >= 11 is 0. The van der Waals surface area contributed by atoms with Crippen LogP contribution in [0.3, 0.4) is 0 Å². The van der Waals surface area contributed by atoms with Crippen molar-refractivity contribution in [2.45, 2.75) is 44.0 Å². The van der Waals surface area contributed by atoms with Crippen molar-refractivity contribution in [3.63, 3.8) is 0 Å². The van der Waals surface area contributed by atoms with Gasteiger partial charge in [-0.15, -0.1) is 12.4 Å². The third kappa shape index (κ3) is 5.36. The van der Waals surface area contributed by atoms with Gasteiger partial charge in [-0.25, -0.2) is 17.5 Å². The number of unbranched alkanes of at least 4 members (excludes halogenated alkanes) is 1. The van der Waals surface area contributed by atoms with Crippen LogP contribution in [0.25, 0.3) is 0 Å². The summed E-state index contributed by atoms with van der Waals surface area (Å²) in [7, 11) is -3.65. The van der Waals surface area contributed by atoms with E-state index in [4.69, 9.17) is 5.73 Å². The van der Waals surface area contributed by atoms with E-state index >= 15 is 0 Å². The third-order valence-corrected chi connectivity index (χ3v) is 4.62. The van der Waals surface area contributed by atoms with Gasteiger partial charge in [-0.05, 0) is 37.1 Å². The molecular weight excluding hydrogens is 303 g/mol. The Hall–Kier alpha value is -0.690. The maximum Gasteiger partial charge on any atom is 0.241 e. The van der Waals surface area contributed by atoms with E-state index in [1.807, 2.05) is 6.92 Å². The van der Waals surface area contributed by atoms with Gasteiger partial charge >= 0.3 is 0 Å². The van der Waals surface area contributed by atoms with Gasteiger partial charge < -0.3 is 5.73 Å². The first-order chi connectivity index (χ1) is 8.90. The van der Waals surface area contributed by atoms with Crippen molar-refractivity contribution in [1.29, 1.82) is 0 Å². The highest BCUT2D eigenvalue weighted by Crippen LogP contribution is 2.17. The van der Waals surface area contributed by atoms with E-state index in [1.54, 1.807) is 6.92 Å².